The van der Waals surface area contributed by atoms with Gasteiger partial charge in [-0.25, -0.2) is 9.98 Å². The molecule has 158 valence electrons. The van der Waals surface area contributed by atoms with Crippen molar-refractivity contribution in [2.24, 2.45) is 4.99 Å². The Labute approximate surface area is 185 Å². The first kappa shape index (κ1) is 19.0. The van der Waals surface area contributed by atoms with Crippen molar-refractivity contribution in [1.29, 1.82) is 0 Å². The Morgan fingerprint density at radius 1 is 0.875 bits per heavy atom. The standard InChI is InChI=1S/C26H23N5O/c1-30-12-14-31(15-13-30)19-6-7-22-24(16-19)32-25-17-23(28-18-8-10-27-11-9-18)20-4-2-3-5-21(20)26(25)29-22/h2-11,16-17H,12-15H2,1H3. The smallest absolute Gasteiger partial charge is 0.155 e. The van der Waals surface area contributed by atoms with Crippen molar-refractivity contribution in [2.45, 2.75) is 0 Å². The lowest BCUT2D eigenvalue weighted by molar-refractivity contribution is 0.313. The quantitative estimate of drug-likeness (QED) is 0.311. The zero-order valence-electron chi connectivity index (χ0n) is 17.9. The lowest BCUT2D eigenvalue weighted by Gasteiger charge is -2.34. The summed E-state index contributed by atoms with van der Waals surface area (Å²) < 4.78 is 6.41. The SMILES string of the molecule is CN1CCN(c2ccc3nc4c5ccccc5c(=Nc5ccncc5)cc-4oc3c2)CC1. The average molecular weight is 422 g/mol. The average Bonchev–Trinajstić information content (AvgIpc) is 2.84. The highest BCUT2D eigenvalue weighted by molar-refractivity contribution is 5.96. The second-order valence-electron chi connectivity index (χ2n) is 8.26. The molecular formula is C26H23N5O. The molecule has 0 unspecified atom stereocenters. The maximum atomic E-state index is 6.41. The van der Waals surface area contributed by atoms with Crippen LogP contribution in [0.2, 0.25) is 0 Å². The molecule has 0 saturated carbocycles. The van der Waals surface area contributed by atoms with E-state index in [0.717, 1.165) is 70.5 Å². The van der Waals surface area contributed by atoms with Crippen LogP contribution in [0.15, 0.2) is 82.5 Å². The molecule has 1 fully saturated rings. The van der Waals surface area contributed by atoms with Crippen molar-refractivity contribution in [3.8, 4) is 11.5 Å². The maximum Gasteiger partial charge on any atom is 0.155 e. The van der Waals surface area contributed by atoms with E-state index in [1.54, 1.807) is 12.4 Å². The molecule has 6 rings (SSSR count). The van der Waals surface area contributed by atoms with Crippen LogP contribution in [0.4, 0.5) is 11.4 Å². The number of pyridine rings is 1. The van der Waals surface area contributed by atoms with E-state index in [4.69, 9.17) is 14.4 Å². The number of anilines is 1. The van der Waals surface area contributed by atoms with Crippen LogP contribution < -0.4 is 10.3 Å². The summed E-state index contributed by atoms with van der Waals surface area (Å²) in [5.74, 6) is 0.736. The van der Waals surface area contributed by atoms with Gasteiger partial charge in [-0.1, -0.05) is 24.3 Å². The molecule has 0 amide bonds. The number of benzene rings is 3. The molecule has 1 aromatic heterocycles. The Bertz CT molecular complexity index is 1450. The lowest BCUT2D eigenvalue weighted by Crippen LogP contribution is -2.44. The van der Waals surface area contributed by atoms with Gasteiger partial charge in [-0.15, -0.1) is 0 Å². The Morgan fingerprint density at radius 3 is 2.47 bits per heavy atom. The molecule has 6 heteroatoms. The highest BCUT2D eigenvalue weighted by Gasteiger charge is 2.18. The number of hydrogen-bond acceptors (Lipinski definition) is 6. The van der Waals surface area contributed by atoms with Gasteiger partial charge in [-0.2, -0.15) is 0 Å². The lowest BCUT2D eigenvalue weighted by atomic mass is 10.0. The molecule has 1 aliphatic carbocycles. The summed E-state index contributed by atoms with van der Waals surface area (Å²) in [4.78, 5) is 18.7. The van der Waals surface area contributed by atoms with Crippen molar-refractivity contribution in [2.75, 3.05) is 38.1 Å². The number of fused-ring (bicyclic) bond motifs is 4. The third-order valence-corrected chi connectivity index (χ3v) is 6.14. The fourth-order valence-corrected chi connectivity index (χ4v) is 4.34. The van der Waals surface area contributed by atoms with Crippen molar-refractivity contribution in [3.05, 3.63) is 78.4 Å². The molecule has 6 nitrogen and oxygen atoms in total. The van der Waals surface area contributed by atoms with Gasteiger partial charge in [0.1, 0.15) is 11.2 Å². The van der Waals surface area contributed by atoms with E-state index >= 15 is 0 Å². The Hall–Kier alpha value is -3.77. The van der Waals surface area contributed by atoms with Crippen LogP contribution in [0.5, 0.6) is 0 Å². The summed E-state index contributed by atoms with van der Waals surface area (Å²) >= 11 is 0. The molecule has 2 aromatic carbocycles. The Balaban J connectivity index is 1.55. The van der Waals surface area contributed by atoms with Crippen molar-refractivity contribution in [3.63, 3.8) is 0 Å². The summed E-state index contributed by atoms with van der Waals surface area (Å²) in [7, 11) is 2.17. The van der Waals surface area contributed by atoms with E-state index in [1.165, 1.54) is 5.69 Å². The first-order valence-corrected chi connectivity index (χ1v) is 10.9. The zero-order valence-corrected chi connectivity index (χ0v) is 17.9. The van der Waals surface area contributed by atoms with Crippen molar-refractivity contribution < 1.29 is 4.42 Å². The molecule has 1 saturated heterocycles. The maximum absolute atomic E-state index is 6.41. The van der Waals surface area contributed by atoms with E-state index in [1.807, 2.05) is 30.3 Å². The molecule has 32 heavy (non-hydrogen) atoms. The van der Waals surface area contributed by atoms with Gasteiger partial charge < -0.3 is 14.2 Å². The van der Waals surface area contributed by atoms with Gasteiger partial charge in [0.15, 0.2) is 11.3 Å². The first-order chi connectivity index (χ1) is 15.7. The van der Waals surface area contributed by atoms with Gasteiger partial charge in [-0.3, -0.25) is 4.98 Å². The zero-order chi connectivity index (χ0) is 21.5. The largest absolute Gasteiger partial charge is 0.453 e. The molecular weight excluding hydrogens is 398 g/mol. The number of hydrogen-bond donors (Lipinski definition) is 0. The van der Waals surface area contributed by atoms with Gasteiger partial charge in [0, 0.05) is 67.2 Å². The van der Waals surface area contributed by atoms with Crippen LogP contribution in [-0.4, -0.2) is 48.1 Å². The third-order valence-electron chi connectivity index (χ3n) is 6.14. The van der Waals surface area contributed by atoms with Gasteiger partial charge in [0.25, 0.3) is 0 Å². The Morgan fingerprint density at radius 2 is 1.66 bits per heavy atom. The van der Waals surface area contributed by atoms with Crippen LogP contribution in [0.1, 0.15) is 0 Å². The van der Waals surface area contributed by atoms with Crippen LogP contribution in [-0.2, 0) is 0 Å². The van der Waals surface area contributed by atoms with Crippen LogP contribution >= 0.6 is 0 Å². The van der Waals surface area contributed by atoms with E-state index in [9.17, 15) is 0 Å². The minimum Gasteiger partial charge on any atom is -0.453 e. The van der Waals surface area contributed by atoms with Crippen molar-refractivity contribution >= 4 is 33.2 Å². The van der Waals surface area contributed by atoms with E-state index in [0.29, 0.717) is 0 Å². The fourth-order valence-electron chi connectivity index (χ4n) is 4.34. The van der Waals surface area contributed by atoms with Gasteiger partial charge >= 0.3 is 0 Å². The van der Waals surface area contributed by atoms with Gasteiger partial charge in [0.05, 0.1) is 11.0 Å². The highest BCUT2D eigenvalue weighted by Crippen LogP contribution is 2.32. The highest BCUT2D eigenvalue weighted by atomic mass is 16.3. The summed E-state index contributed by atoms with van der Waals surface area (Å²) in [5.41, 5.74) is 4.54. The number of aromatic nitrogens is 2. The predicted octanol–water partition coefficient (Wildman–Crippen LogP) is 4.47. The monoisotopic (exact) mass is 421 g/mol. The molecule has 3 aliphatic rings. The molecule has 0 spiro atoms. The molecule has 0 bridgehead atoms. The minimum atomic E-state index is 0.736. The molecule has 3 aromatic rings. The summed E-state index contributed by atoms with van der Waals surface area (Å²) in [6.07, 6.45) is 3.50. The molecule has 2 aliphatic heterocycles. The number of rotatable bonds is 2. The minimum absolute atomic E-state index is 0.736. The van der Waals surface area contributed by atoms with E-state index in [2.05, 4.69) is 52.2 Å². The van der Waals surface area contributed by atoms with E-state index in [-0.39, 0.29) is 0 Å². The fraction of sp³-hybridized carbons (Fsp3) is 0.192. The van der Waals surface area contributed by atoms with Crippen molar-refractivity contribution in [1.82, 2.24) is 14.9 Å². The summed E-state index contributed by atoms with van der Waals surface area (Å²) in [6, 6.07) is 20.3. The number of likely N-dealkylation sites (N-methyl/N-ethyl adjacent to an activating group) is 1. The molecule has 0 atom stereocenters. The van der Waals surface area contributed by atoms with Crippen LogP contribution in [0, 0.1) is 0 Å². The summed E-state index contributed by atoms with van der Waals surface area (Å²) in [5, 5.41) is 2.94. The second-order valence-corrected chi connectivity index (χ2v) is 8.26. The topological polar surface area (TPSA) is 57.8 Å². The number of piperazine rings is 1. The van der Waals surface area contributed by atoms with Gasteiger partial charge in [0.2, 0.25) is 0 Å². The Kier molecular flexibility index (Phi) is 4.58. The normalized spacial score (nSPS) is 15.8. The van der Waals surface area contributed by atoms with Gasteiger partial charge in [-0.05, 0) is 31.3 Å². The molecule has 3 heterocycles. The molecule has 0 N–H and O–H groups in total. The van der Waals surface area contributed by atoms with E-state index < -0.39 is 0 Å². The first-order valence-electron chi connectivity index (χ1n) is 10.9. The van der Waals surface area contributed by atoms with Crippen LogP contribution in [0.25, 0.3) is 33.3 Å². The summed E-state index contributed by atoms with van der Waals surface area (Å²) in [6.45, 7) is 4.17. The predicted molar refractivity (Wildman–Crippen MR) is 127 cm³/mol. The second kappa shape index (κ2) is 7.73. The number of nitrogens with zero attached hydrogens (tertiary/aromatic N) is 5. The van der Waals surface area contributed by atoms with Crippen LogP contribution in [0.3, 0.4) is 0 Å². The molecule has 0 radical (unpaired) electrons. The third kappa shape index (κ3) is 3.39.